The van der Waals surface area contributed by atoms with Gasteiger partial charge in [-0.1, -0.05) is 48.5 Å². The lowest BCUT2D eigenvalue weighted by molar-refractivity contribution is 0.131. The Morgan fingerprint density at radius 2 is 1.59 bits per heavy atom. The van der Waals surface area contributed by atoms with Crippen molar-refractivity contribution in [1.82, 2.24) is 25.7 Å². The number of anilines is 2. The van der Waals surface area contributed by atoms with Crippen LogP contribution in [0.4, 0.5) is 16.4 Å². The van der Waals surface area contributed by atoms with Gasteiger partial charge in [-0.05, 0) is 26.8 Å². The molecule has 1 amide bonds. The van der Waals surface area contributed by atoms with E-state index in [1.165, 1.54) is 0 Å². The van der Waals surface area contributed by atoms with Crippen LogP contribution in [0.5, 0.6) is 0 Å². The van der Waals surface area contributed by atoms with Gasteiger partial charge in [0.15, 0.2) is 0 Å². The largest absolute Gasteiger partial charge is 0.445 e. The highest BCUT2D eigenvalue weighted by Crippen LogP contribution is 2.25. The molecule has 8 nitrogen and oxygen atoms in total. The molecule has 0 aliphatic carbocycles. The van der Waals surface area contributed by atoms with Crippen molar-refractivity contribution >= 4 is 17.7 Å². The average Bonchev–Trinajstić information content (AvgIpc) is 2.71. The second-order valence-electron chi connectivity index (χ2n) is 7.53. The quantitative estimate of drug-likeness (QED) is 0.707. The van der Waals surface area contributed by atoms with E-state index in [-0.39, 0.29) is 12.1 Å². The molecule has 1 heterocycles. The second-order valence-corrected chi connectivity index (χ2v) is 7.53. The minimum absolute atomic E-state index is 0.116. The van der Waals surface area contributed by atoms with Gasteiger partial charge >= 0.3 is 6.09 Å². The lowest BCUT2D eigenvalue weighted by Crippen LogP contribution is -2.40. The summed E-state index contributed by atoms with van der Waals surface area (Å²) in [6, 6.07) is 17.1. The van der Waals surface area contributed by atoms with Crippen LogP contribution >= 0.6 is 0 Å². The SMILES string of the molecule is CN(c1nnc(-c2ccccc2)nn1)c1ccccc1COC(=O)NC(C)(C)C. The molecule has 1 N–H and O–H groups in total. The van der Waals surface area contributed by atoms with E-state index < -0.39 is 6.09 Å². The third kappa shape index (κ3) is 5.47. The van der Waals surface area contributed by atoms with Gasteiger partial charge in [-0.2, -0.15) is 0 Å². The molecule has 3 aromatic rings. The van der Waals surface area contributed by atoms with Crippen molar-refractivity contribution in [3.05, 3.63) is 60.2 Å². The van der Waals surface area contributed by atoms with Gasteiger partial charge in [-0.3, -0.25) is 0 Å². The highest BCUT2D eigenvalue weighted by atomic mass is 16.5. The zero-order chi connectivity index (χ0) is 20.9. The summed E-state index contributed by atoms with van der Waals surface area (Å²) in [5, 5.41) is 19.5. The molecule has 0 saturated carbocycles. The number of alkyl carbamates (subject to hydrolysis) is 1. The van der Waals surface area contributed by atoms with Crippen LogP contribution in [0.25, 0.3) is 11.4 Å². The third-order valence-corrected chi connectivity index (χ3v) is 3.99. The molecule has 2 aromatic carbocycles. The van der Waals surface area contributed by atoms with Gasteiger partial charge in [-0.15, -0.1) is 20.4 Å². The maximum atomic E-state index is 12.0. The fraction of sp³-hybridized carbons (Fsp3) is 0.286. The molecule has 0 unspecified atom stereocenters. The van der Waals surface area contributed by atoms with Crippen LogP contribution in [0.1, 0.15) is 26.3 Å². The number of aromatic nitrogens is 4. The predicted octanol–water partition coefficient (Wildman–Crippen LogP) is 3.73. The fourth-order valence-electron chi connectivity index (χ4n) is 2.61. The standard InChI is InChI=1S/C21H24N6O2/c1-21(2,3)22-20(28)29-14-16-12-8-9-13-17(16)27(4)19-25-23-18(24-26-19)15-10-6-5-7-11-15/h5-13H,14H2,1-4H3,(H,22,28). The first-order valence-corrected chi connectivity index (χ1v) is 9.23. The molecule has 3 rings (SSSR count). The van der Waals surface area contributed by atoms with Crippen molar-refractivity contribution in [1.29, 1.82) is 0 Å². The van der Waals surface area contributed by atoms with Crippen LogP contribution in [0.3, 0.4) is 0 Å². The first kappa shape index (κ1) is 20.2. The lowest BCUT2D eigenvalue weighted by atomic mass is 10.1. The number of hydrogen-bond acceptors (Lipinski definition) is 7. The van der Waals surface area contributed by atoms with Crippen LogP contribution < -0.4 is 10.2 Å². The smallest absolute Gasteiger partial charge is 0.407 e. The molecular weight excluding hydrogens is 368 g/mol. The lowest BCUT2D eigenvalue weighted by Gasteiger charge is -2.22. The normalized spacial score (nSPS) is 11.0. The van der Waals surface area contributed by atoms with Crippen molar-refractivity contribution in [2.75, 3.05) is 11.9 Å². The van der Waals surface area contributed by atoms with Gasteiger partial charge in [0.25, 0.3) is 5.95 Å². The van der Waals surface area contributed by atoms with Crippen LogP contribution in [-0.2, 0) is 11.3 Å². The summed E-state index contributed by atoms with van der Waals surface area (Å²) in [7, 11) is 1.81. The summed E-state index contributed by atoms with van der Waals surface area (Å²) < 4.78 is 5.36. The van der Waals surface area contributed by atoms with Gasteiger partial charge in [0.1, 0.15) is 6.61 Å². The first-order chi connectivity index (χ1) is 13.8. The predicted molar refractivity (Wildman–Crippen MR) is 111 cm³/mol. The van der Waals surface area contributed by atoms with Crippen molar-refractivity contribution in [3.63, 3.8) is 0 Å². The molecule has 0 aliphatic heterocycles. The Labute approximate surface area is 170 Å². The summed E-state index contributed by atoms with van der Waals surface area (Å²) in [6.45, 7) is 5.80. The minimum Gasteiger partial charge on any atom is -0.445 e. The van der Waals surface area contributed by atoms with E-state index in [9.17, 15) is 4.79 Å². The van der Waals surface area contributed by atoms with Crippen LogP contribution in [0.15, 0.2) is 54.6 Å². The molecule has 8 heteroatoms. The van der Waals surface area contributed by atoms with E-state index in [2.05, 4.69) is 25.7 Å². The summed E-state index contributed by atoms with van der Waals surface area (Å²) in [4.78, 5) is 13.7. The molecule has 150 valence electrons. The molecule has 0 spiro atoms. The van der Waals surface area contributed by atoms with E-state index in [0.717, 1.165) is 16.8 Å². The molecular formula is C21H24N6O2. The number of para-hydroxylation sites is 1. The average molecular weight is 392 g/mol. The molecule has 29 heavy (non-hydrogen) atoms. The van der Waals surface area contributed by atoms with Crippen LogP contribution in [0.2, 0.25) is 0 Å². The highest BCUT2D eigenvalue weighted by Gasteiger charge is 2.17. The number of amides is 1. The monoisotopic (exact) mass is 392 g/mol. The second kappa shape index (κ2) is 8.64. The highest BCUT2D eigenvalue weighted by molar-refractivity contribution is 5.68. The Bertz CT molecular complexity index is 955. The Balaban J connectivity index is 1.74. The first-order valence-electron chi connectivity index (χ1n) is 9.23. The molecule has 0 aliphatic rings. The summed E-state index contributed by atoms with van der Waals surface area (Å²) in [5.41, 5.74) is 2.10. The molecule has 0 saturated heterocycles. The van der Waals surface area contributed by atoms with E-state index >= 15 is 0 Å². The number of carbonyl (C=O) groups excluding carboxylic acids is 1. The Morgan fingerprint density at radius 3 is 2.24 bits per heavy atom. The summed E-state index contributed by atoms with van der Waals surface area (Å²) in [6.07, 6.45) is -0.471. The maximum absolute atomic E-state index is 12.0. The number of nitrogens with zero attached hydrogens (tertiary/aromatic N) is 5. The molecule has 0 atom stereocenters. The van der Waals surface area contributed by atoms with Crippen LogP contribution in [-0.4, -0.2) is 39.1 Å². The van der Waals surface area contributed by atoms with Gasteiger partial charge < -0.3 is 15.0 Å². The Kier molecular flexibility index (Phi) is 6.01. The number of nitrogens with one attached hydrogen (secondary N) is 1. The molecule has 0 radical (unpaired) electrons. The van der Waals surface area contributed by atoms with Crippen molar-refractivity contribution in [2.45, 2.75) is 32.9 Å². The maximum Gasteiger partial charge on any atom is 0.407 e. The van der Waals surface area contributed by atoms with E-state index in [4.69, 9.17) is 4.74 Å². The number of benzene rings is 2. The molecule has 0 bridgehead atoms. The van der Waals surface area contributed by atoms with Gasteiger partial charge in [0, 0.05) is 23.7 Å². The fourth-order valence-corrected chi connectivity index (χ4v) is 2.61. The van der Waals surface area contributed by atoms with Crippen molar-refractivity contribution < 1.29 is 9.53 Å². The van der Waals surface area contributed by atoms with E-state index in [0.29, 0.717) is 11.8 Å². The topological polar surface area (TPSA) is 93.1 Å². The van der Waals surface area contributed by atoms with Gasteiger partial charge in [-0.25, -0.2) is 4.79 Å². The zero-order valence-corrected chi connectivity index (χ0v) is 17.0. The van der Waals surface area contributed by atoms with E-state index in [1.54, 1.807) is 4.90 Å². The Hall–Kier alpha value is -3.55. The Morgan fingerprint density at radius 1 is 0.966 bits per heavy atom. The summed E-state index contributed by atoms with van der Waals surface area (Å²) >= 11 is 0. The van der Waals surface area contributed by atoms with E-state index in [1.807, 2.05) is 82.4 Å². The number of carbonyl (C=O) groups is 1. The molecule has 1 aromatic heterocycles. The van der Waals surface area contributed by atoms with Crippen LogP contribution in [0, 0.1) is 0 Å². The minimum atomic E-state index is -0.471. The van der Waals surface area contributed by atoms with Gasteiger partial charge in [0.2, 0.25) is 5.82 Å². The summed E-state index contributed by atoms with van der Waals surface area (Å²) in [5.74, 6) is 0.800. The number of rotatable bonds is 5. The zero-order valence-electron chi connectivity index (χ0n) is 17.0. The number of hydrogen-bond donors (Lipinski definition) is 1. The number of ether oxygens (including phenoxy) is 1. The van der Waals surface area contributed by atoms with Crippen molar-refractivity contribution in [3.8, 4) is 11.4 Å². The molecule has 0 fully saturated rings. The van der Waals surface area contributed by atoms with Gasteiger partial charge in [0.05, 0.1) is 5.69 Å². The van der Waals surface area contributed by atoms with Crippen molar-refractivity contribution in [2.24, 2.45) is 0 Å². The third-order valence-electron chi connectivity index (χ3n) is 3.99.